The van der Waals surface area contributed by atoms with E-state index in [-0.39, 0.29) is 0 Å². The van der Waals surface area contributed by atoms with Crippen LogP contribution in [-0.4, -0.2) is 18.5 Å². The molecule has 0 bridgehead atoms. The van der Waals surface area contributed by atoms with Crippen molar-refractivity contribution in [2.75, 3.05) is 13.6 Å². The Kier molecular flexibility index (Phi) is 5.87. The molecule has 0 fully saturated rings. The lowest BCUT2D eigenvalue weighted by molar-refractivity contribution is 0.432. The van der Waals surface area contributed by atoms with Gasteiger partial charge in [0.25, 0.3) is 0 Å². The molecule has 1 unspecified atom stereocenters. The molecule has 1 atom stereocenters. The van der Waals surface area contributed by atoms with Crippen LogP contribution in [0.5, 0.6) is 0 Å². The normalized spacial score (nSPS) is 14.2. The van der Waals surface area contributed by atoms with E-state index in [1.807, 2.05) is 0 Å². The average molecular weight is 169 g/mol. The Hall–Kier alpha value is -0.460. The van der Waals surface area contributed by atoms with Crippen molar-refractivity contribution in [3.63, 3.8) is 0 Å². The molecule has 1 nitrogen and oxygen atoms in total. The maximum absolute atomic E-state index is 2.33. The summed E-state index contributed by atoms with van der Waals surface area (Å²) in [5.41, 5.74) is 0. The molecule has 0 aliphatic heterocycles. The first-order valence-electron chi connectivity index (χ1n) is 5.00. The predicted octanol–water partition coefficient (Wildman–Crippen LogP) is 3.13. The molecule has 0 saturated carbocycles. The van der Waals surface area contributed by atoms with Crippen LogP contribution in [0.3, 0.4) is 0 Å². The monoisotopic (exact) mass is 169 g/mol. The summed E-state index contributed by atoms with van der Waals surface area (Å²) in [6, 6.07) is 0. The molecule has 72 valence electrons. The Morgan fingerprint density at radius 1 is 1.25 bits per heavy atom. The zero-order chi connectivity index (χ0) is 9.56. The SMILES string of the molecule is CCC(C=CN(C)CC)C(C)C. The van der Waals surface area contributed by atoms with Crippen molar-refractivity contribution in [1.29, 1.82) is 0 Å². The molecule has 0 aromatic carbocycles. The number of allylic oxidation sites excluding steroid dienone is 1. The van der Waals surface area contributed by atoms with Crippen LogP contribution in [-0.2, 0) is 0 Å². The van der Waals surface area contributed by atoms with Gasteiger partial charge in [-0.05, 0) is 31.4 Å². The van der Waals surface area contributed by atoms with E-state index in [4.69, 9.17) is 0 Å². The van der Waals surface area contributed by atoms with Crippen LogP contribution >= 0.6 is 0 Å². The smallest absolute Gasteiger partial charge is 0.0140 e. The largest absolute Gasteiger partial charge is 0.381 e. The number of rotatable bonds is 5. The molecule has 12 heavy (non-hydrogen) atoms. The van der Waals surface area contributed by atoms with Crippen molar-refractivity contribution in [2.45, 2.75) is 34.1 Å². The van der Waals surface area contributed by atoms with E-state index >= 15 is 0 Å². The lowest BCUT2D eigenvalue weighted by Crippen LogP contribution is -2.11. The first-order chi connectivity index (χ1) is 5.61. The Bertz CT molecular complexity index is 127. The minimum atomic E-state index is 0.735. The van der Waals surface area contributed by atoms with Crippen molar-refractivity contribution in [3.05, 3.63) is 12.3 Å². The van der Waals surface area contributed by atoms with E-state index < -0.39 is 0 Å². The van der Waals surface area contributed by atoms with Gasteiger partial charge < -0.3 is 4.90 Å². The van der Waals surface area contributed by atoms with Gasteiger partial charge in [0.05, 0.1) is 0 Å². The third-order valence-corrected chi connectivity index (χ3v) is 2.41. The molecule has 0 amide bonds. The third kappa shape index (κ3) is 4.42. The molecule has 0 aromatic rings. The molecule has 0 aliphatic carbocycles. The molecule has 1 heteroatoms. The molecule has 0 aromatic heterocycles. The van der Waals surface area contributed by atoms with E-state index in [0.29, 0.717) is 0 Å². The highest BCUT2D eigenvalue weighted by Crippen LogP contribution is 2.15. The quantitative estimate of drug-likeness (QED) is 0.611. The molecule has 0 rings (SSSR count). The Labute approximate surface area is 77.5 Å². The Balaban J connectivity index is 3.92. The maximum Gasteiger partial charge on any atom is 0.0140 e. The molecule has 0 heterocycles. The minimum Gasteiger partial charge on any atom is -0.381 e. The average Bonchev–Trinajstić information content (AvgIpc) is 2.04. The van der Waals surface area contributed by atoms with Crippen molar-refractivity contribution < 1.29 is 0 Å². The highest BCUT2D eigenvalue weighted by Gasteiger charge is 2.05. The van der Waals surface area contributed by atoms with Gasteiger partial charge in [0.2, 0.25) is 0 Å². The van der Waals surface area contributed by atoms with Gasteiger partial charge in [0.1, 0.15) is 0 Å². The molecular weight excluding hydrogens is 146 g/mol. The Morgan fingerprint density at radius 2 is 1.83 bits per heavy atom. The van der Waals surface area contributed by atoms with Gasteiger partial charge in [0, 0.05) is 13.6 Å². The summed E-state index contributed by atoms with van der Waals surface area (Å²) in [6.07, 6.45) is 5.77. The highest BCUT2D eigenvalue weighted by atomic mass is 15.1. The Morgan fingerprint density at radius 3 is 2.17 bits per heavy atom. The van der Waals surface area contributed by atoms with Crippen LogP contribution in [0.15, 0.2) is 12.3 Å². The van der Waals surface area contributed by atoms with Gasteiger partial charge in [-0.2, -0.15) is 0 Å². The first kappa shape index (κ1) is 11.5. The first-order valence-corrected chi connectivity index (χ1v) is 5.00. The van der Waals surface area contributed by atoms with Gasteiger partial charge in [-0.25, -0.2) is 0 Å². The van der Waals surface area contributed by atoms with Crippen LogP contribution in [0.25, 0.3) is 0 Å². The van der Waals surface area contributed by atoms with Crippen LogP contribution < -0.4 is 0 Å². The van der Waals surface area contributed by atoms with Crippen LogP contribution in [0.4, 0.5) is 0 Å². The maximum atomic E-state index is 2.33. The number of hydrogen-bond acceptors (Lipinski definition) is 1. The summed E-state index contributed by atoms with van der Waals surface area (Å²) >= 11 is 0. The van der Waals surface area contributed by atoms with Crippen molar-refractivity contribution in [3.8, 4) is 0 Å². The lowest BCUT2D eigenvalue weighted by Gasteiger charge is -2.16. The second-order valence-electron chi connectivity index (χ2n) is 3.73. The van der Waals surface area contributed by atoms with Crippen LogP contribution in [0, 0.1) is 11.8 Å². The second-order valence-corrected chi connectivity index (χ2v) is 3.73. The van der Waals surface area contributed by atoms with E-state index in [9.17, 15) is 0 Å². The van der Waals surface area contributed by atoms with Crippen LogP contribution in [0.1, 0.15) is 34.1 Å². The van der Waals surface area contributed by atoms with E-state index in [1.165, 1.54) is 6.42 Å². The van der Waals surface area contributed by atoms with Crippen molar-refractivity contribution >= 4 is 0 Å². The van der Waals surface area contributed by atoms with E-state index in [2.05, 4.69) is 51.9 Å². The third-order valence-electron chi connectivity index (χ3n) is 2.41. The number of nitrogens with zero attached hydrogens (tertiary/aromatic N) is 1. The van der Waals surface area contributed by atoms with Crippen molar-refractivity contribution in [1.82, 2.24) is 4.90 Å². The summed E-state index contributed by atoms with van der Waals surface area (Å²) in [6.45, 7) is 10.1. The van der Waals surface area contributed by atoms with Gasteiger partial charge in [-0.1, -0.05) is 26.8 Å². The summed E-state index contributed by atoms with van der Waals surface area (Å²) in [5.74, 6) is 1.50. The van der Waals surface area contributed by atoms with Gasteiger partial charge in [-0.3, -0.25) is 0 Å². The van der Waals surface area contributed by atoms with Gasteiger partial charge in [0.15, 0.2) is 0 Å². The predicted molar refractivity (Wildman–Crippen MR) is 56.1 cm³/mol. The summed E-state index contributed by atoms with van der Waals surface area (Å²) < 4.78 is 0. The molecule has 0 spiro atoms. The highest BCUT2D eigenvalue weighted by molar-refractivity contribution is 4.88. The summed E-state index contributed by atoms with van der Waals surface area (Å²) in [7, 11) is 2.11. The zero-order valence-corrected chi connectivity index (χ0v) is 9.17. The zero-order valence-electron chi connectivity index (χ0n) is 9.17. The lowest BCUT2D eigenvalue weighted by atomic mass is 9.93. The van der Waals surface area contributed by atoms with Crippen molar-refractivity contribution in [2.24, 2.45) is 11.8 Å². The standard InChI is InChI=1S/C11H23N/c1-6-11(10(3)4)8-9-12(5)7-2/h8-11H,6-7H2,1-5H3. The minimum absolute atomic E-state index is 0.735. The van der Waals surface area contributed by atoms with Crippen LogP contribution in [0.2, 0.25) is 0 Å². The fourth-order valence-electron chi connectivity index (χ4n) is 1.19. The molecule has 0 saturated heterocycles. The van der Waals surface area contributed by atoms with Gasteiger partial charge in [-0.15, -0.1) is 0 Å². The number of hydrogen-bond donors (Lipinski definition) is 0. The second kappa shape index (κ2) is 6.10. The molecule has 0 N–H and O–H groups in total. The fourth-order valence-corrected chi connectivity index (χ4v) is 1.19. The topological polar surface area (TPSA) is 3.24 Å². The molecule has 0 radical (unpaired) electrons. The van der Waals surface area contributed by atoms with E-state index in [0.717, 1.165) is 18.4 Å². The van der Waals surface area contributed by atoms with E-state index in [1.54, 1.807) is 0 Å². The summed E-state index contributed by atoms with van der Waals surface area (Å²) in [4.78, 5) is 2.21. The molecular formula is C11H23N. The molecule has 0 aliphatic rings. The van der Waals surface area contributed by atoms with Gasteiger partial charge >= 0.3 is 0 Å². The summed E-state index contributed by atoms with van der Waals surface area (Å²) in [5, 5.41) is 0. The fraction of sp³-hybridized carbons (Fsp3) is 0.818.